The third-order valence-electron chi connectivity index (χ3n) is 4.06. The standard InChI is InChI=1S/C10H15.3C5H9O.Hf/c1-7-6-10(4,5)9(3)8(7)2;3*1-3-4-5(2)6;/h1-5H3;3*3,5H,1,4H2,2H3;/q4*-1;+4. The van der Waals surface area contributed by atoms with Gasteiger partial charge in [0.15, 0.2) is 0 Å². The Morgan fingerprint density at radius 1 is 0.793 bits per heavy atom. The predicted octanol–water partition coefficient (Wildman–Crippen LogP) is 4.04. The molecule has 0 aliphatic heterocycles. The van der Waals surface area contributed by atoms with E-state index >= 15 is 0 Å². The minimum Gasteiger partial charge on any atom is -0.852 e. The van der Waals surface area contributed by atoms with E-state index in [0.717, 1.165) is 0 Å². The SMILES string of the molecule is C=CCC(C)[O-].C=CCC(C)[O-].C=CCC(C)[O-].CC1=[C-]C(C)(C)C(C)=C1C.[Hf+4]. The van der Waals surface area contributed by atoms with E-state index in [2.05, 4.69) is 60.4 Å². The summed E-state index contributed by atoms with van der Waals surface area (Å²) < 4.78 is 0. The average Bonchev–Trinajstić information content (AvgIpc) is 2.71. The van der Waals surface area contributed by atoms with Crippen LogP contribution in [0.4, 0.5) is 0 Å². The van der Waals surface area contributed by atoms with Gasteiger partial charge in [0, 0.05) is 0 Å². The molecule has 0 aromatic rings. The molecule has 0 aromatic carbocycles. The van der Waals surface area contributed by atoms with Crippen LogP contribution in [-0.4, -0.2) is 18.3 Å². The van der Waals surface area contributed by atoms with Crippen LogP contribution in [0.3, 0.4) is 0 Å². The number of hydrogen-bond acceptors (Lipinski definition) is 3. The molecule has 1 rings (SSSR count). The monoisotopic (exact) mass is 570 g/mol. The van der Waals surface area contributed by atoms with E-state index in [-0.39, 0.29) is 31.3 Å². The first kappa shape index (κ1) is 35.9. The third kappa shape index (κ3) is 23.6. The normalized spacial score (nSPS) is 16.6. The molecule has 0 saturated heterocycles. The predicted molar refractivity (Wildman–Crippen MR) is 117 cm³/mol. The number of allylic oxidation sites excluding steroid dienone is 4. The largest absolute Gasteiger partial charge is 4.00 e. The van der Waals surface area contributed by atoms with Gasteiger partial charge in [-0.3, -0.25) is 6.08 Å². The Hall–Kier alpha value is -0.550. The maximum atomic E-state index is 10.1. The van der Waals surface area contributed by atoms with Crippen LogP contribution in [0.15, 0.2) is 54.7 Å². The Bertz CT molecular complexity index is 465. The molecule has 3 nitrogen and oxygen atoms in total. The van der Waals surface area contributed by atoms with Gasteiger partial charge < -0.3 is 15.3 Å². The fourth-order valence-corrected chi connectivity index (χ4v) is 2.11. The van der Waals surface area contributed by atoms with E-state index in [0.29, 0.717) is 19.3 Å². The van der Waals surface area contributed by atoms with Crippen molar-refractivity contribution < 1.29 is 41.2 Å². The fraction of sp³-hybridized carbons (Fsp3) is 0.600. The summed E-state index contributed by atoms with van der Waals surface area (Å²) in [4.78, 5) is 0. The van der Waals surface area contributed by atoms with Gasteiger partial charge >= 0.3 is 25.8 Å². The molecule has 0 spiro atoms. The van der Waals surface area contributed by atoms with Crippen LogP contribution in [0.5, 0.6) is 0 Å². The summed E-state index contributed by atoms with van der Waals surface area (Å²) in [7, 11) is 0. The summed E-state index contributed by atoms with van der Waals surface area (Å²) in [5.41, 5.74) is 4.39. The van der Waals surface area contributed by atoms with Gasteiger partial charge in [-0.15, -0.1) is 45.0 Å². The second-order valence-electron chi connectivity index (χ2n) is 7.63. The van der Waals surface area contributed by atoms with E-state index in [1.54, 1.807) is 39.0 Å². The molecule has 0 amide bonds. The second kappa shape index (κ2) is 20.7. The minimum absolute atomic E-state index is 0. The molecule has 164 valence electrons. The average molecular weight is 569 g/mol. The molecule has 3 unspecified atom stereocenters. The molecular formula is C25H42HfO3. The summed E-state index contributed by atoms with van der Waals surface area (Å²) in [6, 6.07) is 0. The summed E-state index contributed by atoms with van der Waals surface area (Å²) in [5.74, 6) is 0. The van der Waals surface area contributed by atoms with Crippen molar-refractivity contribution in [3.05, 3.63) is 60.8 Å². The van der Waals surface area contributed by atoms with Crippen LogP contribution < -0.4 is 15.3 Å². The molecule has 4 heteroatoms. The van der Waals surface area contributed by atoms with Gasteiger partial charge in [0.2, 0.25) is 0 Å². The third-order valence-corrected chi connectivity index (χ3v) is 4.06. The fourth-order valence-electron chi connectivity index (χ4n) is 2.11. The molecule has 0 N–H and O–H groups in total. The van der Waals surface area contributed by atoms with Crippen molar-refractivity contribution in [3.8, 4) is 0 Å². The van der Waals surface area contributed by atoms with Crippen molar-refractivity contribution in [1.82, 2.24) is 0 Å². The van der Waals surface area contributed by atoms with Gasteiger partial charge in [-0.1, -0.05) is 72.1 Å². The van der Waals surface area contributed by atoms with Crippen LogP contribution >= 0.6 is 0 Å². The van der Waals surface area contributed by atoms with Gasteiger partial charge in [0.1, 0.15) is 0 Å². The molecule has 0 heterocycles. The van der Waals surface area contributed by atoms with E-state index in [1.165, 1.54) is 16.7 Å². The van der Waals surface area contributed by atoms with Crippen molar-refractivity contribution >= 4 is 0 Å². The van der Waals surface area contributed by atoms with Gasteiger partial charge in [-0.05, 0) is 19.3 Å². The quantitative estimate of drug-likeness (QED) is 0.276. The van der Waals surface area contributed by atoms with Crippen LogP contribution in [0, 0.1) is 11.5 Å². The van der Waals surface area contributed by atoms with Gasteiger partial charge in [-0.25, -0.2) is 5.57 Å². The molecule has 0 bridgehead atoms. The summed E-state index contributed by atoms with van der Waals surface area (Å²) >= 11 is 0. The summed E-state index contributed by atoms with van der Waals surface area (Å²) in [6.07, 6.45) is 8.69. The molecule has 1 aliphatic carbocycles. The second-order valence-corrected chi connectivity index (χ2v) is 7.63. The van der Waals surface area contributed by atoms with Crippen molar-refractivity contribution in [2.24, 2.45) is 5.41 Å². The molecule has 3 atom stereocenters. The molecule has 0 saturated carbocycles. The zero-order valence-corrected chi connectivity index (χ0v) is 23.5. The Morgan fingerprint density at radius 2 is 1.07 bits per heavy atom. The van der Waals surface area contributed by atoms with Gasteiger partial charge in [0.05, 0.1) is 0 Å². The molecule has 0 radical (unpaired) electrons. The van der Waals surface area contributed by atoms with Crippen molar-refractivity contribution in [1.29, 1.82) is 0 Å². The van der Waals surface area contributed by atoms with E-state index in [9.17, 15) is 15.3 Å². The Kier molecular flexibility index (Phi) is 25.6. The zero-order chi connectivity index (χ0) is 22.9. The minimum atomic E-state index is -0.470. The van der Waals surface area contributed by atoms with Crippen molar-refractivity contribution in [3.63, 3.8) is 0 Å². The Balaban J connectivity index is -0.000000147. The first-order valence-corrected chi connectivity index (χ1v) is 9.86. The van der Waals surface area contributed by atoms with E-state index in [1.807, 2.05) is 0 Å². The maximum absolute atomic E-state index is 10.1. The first-order chi connectivity index (χ1) is 12.8. The number of hydrogen-bond donors (Lipinski definition) is 0. The molecule has 0 fully saturated rings. The smallest absolute Gasteiger partial charge is 0.852 e. The topological polar surface area (TPSA) is 69.2 Å². The maximum Gasteiger partial charge on any atom is 4.00 e. The van der Waals surface area contributed by atoms with E-state index < -0.39 is 18.3 Å². The van der Waals surface area contributed by atoms with Crippen LogP contribution in [0.2, 0.25) is 0 Å². The number of rotatable bonds is 6. The summed E-state index contributed by atoms with van der Waals surface area (Å²) in [5, 5.41) is 30.2. The van der Waals surface area contributed by atoms with Gasteiger partial charge in [-0.2, -0.15) is 11.1 Å². The van der Waals surface area contributed by atoms with E-state index in [4.69, 9.17) is 0 Å². The molecule has 29 heavy (non-hydrogen) atoms. The van der Waals surface area contributed by atoms with Crippen molar-refractivity contribution in [2.75, 3.05) is 0 Å². The molecule has 0 aromatic heterocycles. The van der Waals surface area contributed by atoms with Crippen LogP contribution in [0.25, 0.3) is 0 Å². The Morgan fingerprint density at radius 3 is 1.10 bits per heavy atom. The van der Waals surface area contributed by atoms with Crippen LogP contribution in [0.1, 0.15) is 74.7 Å². The Labute approximate surface area is 199 Å². The molecular weight excluding hydrogens is 527 g/mol. The van der Waals surface area contributed by atoms with Crippen LogP contribution in [-0.2, 0) is 25.8 Å². The van der Waals surface area contributed by atoms with Crippen molar-refractivity contribution in [2.45, 2.75) is 93.0 Å². The molecule has 1 aliphatic rings. The van der Waals surface area contributed by atoms with Gasteiger partial charge in [0.25, 0.3) is 0 Å². The first-order valence-electron chi connectivity index (χ1n) is 9.86. The zero-order valence-electron chi connectivity index (χ0n) is 19.9. The summed E-state index contributed by atoms with van der Waals surface area (Å²) in [6.45, 7) is 26.0.